The number of non-ortho nitro benzene ring substituents is 2. The third-order valence-electron chi connectivity index (χ3n) is 5.26. The Kier molecular flexibility index (Phi) is 7.61. The Morgan fingerprint density at radius 1 is 0.892 bits per heavy atom. The highest BCUT2D eigenvalue weighted by Gasteiger charge is 2.25. The van der Waals surface area contributed by atoms with Gasteiger partial charge in [0, 0.05) is 35.7 Å². The van der Waals surface area contributed by atoms with Crippen LogP contribution < -0.4 is 4.72 Å². The highest BCUT2D eigenvalue weighted by Crippen LogP contribution is 2.29. The number of sulfonamides is 1. The van der Waals surface area contributed by atoms with Crippen molar-refractivity contribution < 1.29 is 18.3 Å². The Labute approximate surface area is 215 Å². The van der Waals surface area contributed by atoms with Crippen molar-refractivity contribution in [1.29, 1.82) is 0 Å². The highest BCUT2D eigenvalue weighted by molar-refractivity contribution is 7.98. The largest absolute Gasteiger partial charge is 0.273 e. The molecule has 14 heteroatoms. The van der Waals surface area contributed by atoms with Crippen molar-refractivity contribution in [1.82, 2.24) is 19.5 Å². The fourth-order valence-electron chi connectivity index (χ4n) is 3.44. The lowest BCUT2D eigenvalue weighted by atomic mass is 10.2. The zero-order valence-electron chi connectivity index (χ0n) is 19.3. The van der Waals surface area contributed by atoms with Crippen LogP contribution in [0.3, 0.4) is 0 Å². The molecule has 37 heavy (non-hydrogen) atoms. The molecule has 3 aromatic carbocycles. The second-order valence-corrected chi connectivity index (χ2v) is 10.5. The molecule has 0 saturated heterocycles. The van der Waals surface area contributed by atoms with Crippen molar-refractivity contribution in [2.75, 3.05) is 0 Å². The molecule has 1 atom stereocenters. The molecule has 4 aromatic rings. The second kappa shape index (κ2) is 10.9. The van der Waals surface area contributed by atoms with E-state index in [4.69, 9.17) is 0 Å². The molecule has 0 spiro atoms. The summed E-state index contributed by atoms with van der Waals surface area (Å²) in [5, 5.41) is 30.9. The van der Waals surface area contributed by atoms with E-state index in [1.165, 1.54) is 36.0 Å². The third-order valence-corrected chi connectivity index (χ3v) is 7.82. The van der Waals surface area contributed by atoms with Gasteiger partial charge in [-0.1, -0.05) is 42.1 Å². The molecule has 0 aliphatic heterocycles. The minimum absolute atomic E-state index is 0.0937. The summed E-state index contributed by atoms with van der Waals surface area (Å²) in [5.41, 5.74) is 1.23. The van der Waals surface area contributed by atoms with Gasteiger partial charge in [0.05, 0.1) is 20.8 Å². The minimum Gasteiger partial charge on any atom is -0.273 e. The summed E-state index contributed by atoms with van der Waals surface area (Å²) in [6.07, 6.45) is 0. The number of nitrogens with one attached hydrogen (secondary N) is 1. The first kappa shape index (κ1) is 25.9. The maximum Gasteiger partial charge on any atom is 0.269 e. The van der Waals surface area contributed by atoms with Crippen LogP contribution in [0.1, 0.15) is 24.4 Å². The SMILES string of the molecule is CC(NS(=O)(=O)c1ccc([N+](=O)[O-])cc1)c1nnc(SCc2ccccc2)n1-c1ccc([N+](=O)[O-])cc1. The predicted molar refractivity (Wildman–Crippen MR) is 136 cm³/mol. The first-order valence-electron chi connectivity index (χ1n) is 10.8. The molecular weight excluding hydrogens is 520 g/mol. The Morgan fingerprint density at radius 3 is 2.03 bits per heavy atom. The number of hydrogen-bond acceptors (Lipinski definition) is 9. The van der Waals surface area contributed by atoms with Gasteiger partial charge in [0.1, 0.15) is 0 Å². The van der Waals surface area contributed by atoms with Gasteiger partial charge in [-0.3, -0.25) is 24.8 Å². The Balaban J connectivity index is 1.66. The molecule has 0 bridgehead atoms. The molecule has 0 saturated carbocycles. The van der Waals surface area contributed by atoms with Gasteiger partial charge in [-0.25, -0.2) is 13.1 Å². The molecule has 12 nitrogen and oxygen atoms in total. The fourth-order valence-corrected chi connectivity index (χ4v) is 5.56. The van der Waals surface area contributed by atoms with Gasteiger partial charge >= 0.3 is 0 Å². The fraction of sp³-hybridized carbons (Fsp3) is 0.130. The quantitative estimate of drug-likeness (QED) is 0.174. The standard InChI is InChI=1S/C23H20N6O6S2/c1-16(26-37(34,35)21-13-11-20(12-14-21)29(32)33)22-24-25-23(36-15-17-5-3-2-4-6-17)27(22)18-7-9-19(10-8-18)28(30)31/h2-14,16,26H,15H2,1H3. The lowest BCUT2D eigenvalue weighted by Gasteiger charge is -2.16. The molecular formula is C23H20N6O6S2. The molecule has 4 rings (SSSR count). The molecule has 1 unspecified atom stereocenters. The first-order valence-corrected chi connectivity index (χ1v) is 13.3. The molecule has 0 amide bonds. The van der Waals surface area contributed by atoms with Crippen LogP contribution in [0.2, 0.25) is 0 Å². The number of benzene rings is 3. The Morgan fingerprint density at radius 2 is 1.46 bits per heavy atom. The average Bonchev–Trinajstić information content (AvgIpc) is 3.32. The van der Waals surface area contributed by atoms with E-state index in [0.29, 0.717) is 16.6 Å². The van der Waals surface area contributed by atoms with Crippen molar-refractivity contribution in [3.63, 3.8) is 0 Å². The average molecular weight is 541 g/mol. The lowest BCUT2D eigenvalue weighted by molar-refractivity contribution is -0.385. The maximum atomic E-state index is 13.0. The van der Waals surface area contributed by atoms with Crippen molar-refractivity contribution in [2.24, 2.45) is 0 Å². The summed E-state index contributed by atoms with van der Waals surface area (Å²) in [5.74, 6) is 0.824. The van der Waals surface area contributed by atoms with E-state index >= 15 is 0 Å². The summed E-state index contributed by atoms with van der Waals surface area (Å²) >= 11 is 1.38. The van der Waals surface area contributed by atoms with Crippen LogP contribution in [0.4, 0.5) is 11.4 Å². The molecule has 190 valence electrons. The minimum atomic E-state index is -4.06. The third kappa shape index (κ3) is 5.99. The number of rotatable bonds is 10. The van der Waals surface area contributed by atoms with E-state index < -0.39 is 25.9 Å². The van der Waals surface area contributed by atoms with Gasteiger partial charge in [0.25, 0.3) is 11.4 Å². The summed E-state index contributed by atoms with van der Waals surface area (Å²) < 4.78 is 30.1. The zero-order valence-corrected chi connectivity index (χ0v) is 20.9. The van der Waals surface area contributed by atoms with Crippen LogP contribution in [0.5, 0.6) is 0 Å². The van der Waals surface area contributed by atoms with Gasteiger partial charge in [0.2, 0.25) is 10.0 Å². The Bertz CT molecular complexity index is 1520. The molecule has 1 heterocycles. The van der Waals surface area contributed by atoms with Gasteiger partial charge in [0.15, 0.2) is 11.0 Å². The van der Waals surface area contributed by atoms with E-state index in [1.807, 2.05) is 30.3 Å². The van der Waals surface area contributed by atoms with Gasteiger partial charge in [-0.15, -0.1) is 10.2 Å². The zero-order chi connectivity index (χ0) is 26.6. The van der Waals surface area contributed by atoms with Crippen LogP contribution in [0.15, 0.2) is 88.9 Å². The van der Waals surface area contributed by atoms with Crippen LogP contribution >= 0.6 is 11.8 Å². The van der Waals surface area contributed by atoms with Gasteiger partial charge < -0.3 is 0 Å². The van der Waals surface area contributed by atoms with Gasteiger partial charge in [-0.2, -0.15) is 0 Å². The van der Waals surface area contributed by atoms with Crippen LogP contribution in [-0.2, 0) is 15.8 Å². The number of hydrogen-bond donors (Lipinski definition) is 1. The second-order valence-electron chi connectivity index (χ2n) is 7.82. The van der Waals surface area contributed by atoms with E-state index in [0.717, 1.165) is 29.8 Å². The van der Waals surface area contributed by atoms with Gasteiger partial charge in [-0.05, 0) is 36.8 Å². The van der Waals surface area contributed by atoms with Crippen molar-refractivity contribution in [3.8, 4) is 5.69 Å². The number of aromatic nitrogens is 3. The summed E-state index contributed by atoms with van der Waals surface area (Å²) in [6, 6.07) is 19.1. The number of thioether (sulfide) groups is 1. The van der Waals surface area contributed by atoms with Crippen LogP contribution in [-0.4, -0.2) is 33.0 Å². The molecule has 1 N–H and O–H groups in total. The molecule has 0 fully saturated rings. The van der Waals surface area contributed by atoms with E-state index in [1.54, 1.807) is 11.5 Å². The Hall–Kier alpha value is -4.14. The molecule has 1 aromatic heterocycles. The smallest absolute Gasteiger partial charge is 0.269 e. The number of nitro groups is 2. The van der Waals surface area contributed by atoms with Crippen molar-refractivity contribution >= 4 is 33.2 Å². The van der Waals surface area contributed by atoms with Crippen LogP contribution in [0.25, 0.3) is 5.69 Å². The summed E-state index contributed by atoms with van der Waals surface area (Å²) in [4.78, 5) is 20.7. The highest BCUT2D eigenvalue weighted by atomic mass is 32.2. The maximum absolute atomic E-state index is 13.0. The summed E-state index contributed by atoms with van der Waals surface area (Å²) in [6.45, 7) is 1.58. The lowest BCUT2D eigenvalue weighted by Crippen LogP contribution is -2.28. The normalized spacial score (nSPS) is 12.2. The molecule has 0 radical (unpaired) electrons. The number of nitro benzene ring substituents is 2. The van der Waals surface area contributed by atoms with Crippen molar-refractivity contribution in [2.45, 2.75) is 28.8 Å². The monoisotopic (exact) mass is 540 g/mol. The van der Waals surface area contributed by atoms with E-state index in [2.05, 4.69) is 14.9 Å². The van der Waals surface area contributed by atoms with Crippen molar-refractivity contribution in [3.05, 3.63) is 110 Å². The predicted octanol–water partition coefficient (Wildman–Crippen LogP) is 4.42. The molecule has 0 aliphatic rings. The topological polar surface area (TPSA) is 163 Å². The van der Waals surface area contributed by atoms with E-state index in [-0.39, 0.29) is 22.1 Å². The van der Waals surface area contributed by atoms with Crippen LogP contribution in [0, 0.1) is 20.2 Å². The van der Waals surface area contributed by atoms with E-state index in [9.17, 15) is 28.6 Å². The number of nitrogens with zero attached hydrogens (tertiary/aromatic N) is 5. The first-order chi connectivity index (χ1) is 17.7. The summed E-state index contributed by atoms with van der Waals surface area (Å²) in [7, 11) is -4.06. The molecule has 0 aliphatic carbocycles.